The van der Waals surface area contributed by atoms with Crippen LogP contribution in [0, 0.1) is 29.1 Å². The summed E-state index contributed by atoms with van der Waals surface area (Å²) >= 11 is 0. The van der Waals surface area contributed by atoms with Crippen molar-refractivity contribution in [2.24, 2.45) is 5.73 Å². The third kappa shape index (κ3) is 3.79. The highest BCUT2D eigenvalue weighted by Gasteiger charge is 2.29. The second-order valence-corrected chi connectivity index (χ2v) is 5.99. The maximum absolute atomic E-state index is 14.5. The summed E-state index contributed by atoms with van der Waals surface area (Å²) < 4.78 is 71.3. The van der Waals surface area contributed by atoms with Gasteiger partial charge in [-0.05, 0) is 29.8 Å². The molecule has 0 bridgehead atoms. The molecule has 1 aliphatic rings. The zero-order chi connectivity index (χ0) is 22.0. The summed E-state index contributed by atoms with van der Waals surface area (Å²) in [6.45, 7) is 0. The van der Waals surface area contributed by atoms with Crippen LogP contribution in [-0.2, 0) is 9.59 Å². The standard InChI is InChI=1S/C20H12F5N3O2/c21-10-5-3-4-9(8-10)12-14(22)16(24)18(17(25)15(12)23)28-20(30)13(19(26)29)11-6-1-2-7-27-11/h1-8,27H,(H2,26,29)(H,28,30)/b13-11+. The van der Waals surface area contributed by atoms with E-state index >= 15 is 0 Å². The van der Waals surface area contributed by atoms with Crippen LogP contribution in [0.3, 0.4) is 0 Å². The highest BCUT2D eigenvalue weighted by atomic mass is 19.2. The molecular formula is C20H12F5N3O2. The molecule has 1 heterocycles. The molecule has 0 radical (unpaired) electrons. The molecule has 0 aromatic heterocycles. The third-order valence-electron chi connectivity index (χ3n) is 4.07. The lowest BCUT2D eigenvalue weighted by Gasteiger charge is -2.15. The Morgan fingerprint density at radius 3 is 2.13 bits per heavy atom. The average Bonchev–Trinajstić information content (AvgIpc) is 2.71. The first-order valence-electron chi connectivity index (χ1n) is 8.29. The van der Waals surface area contributed by atoms with E-state index in [4.69, 9.17) is 5.73 Å². The summed E-state index contributed by atoms with van der Waals surface area (Å²) in [6, 6.07) is 3.80. The van der Waals surface area contributed by atoms with Gasteiger partial charge in [-0.1, -0.05) is 18.2 Å². The van der Waals surface area contributed by atoms with E-state index in [2.05, 4.69) is 5.32 Å². The number of carbonyl (C=O) groups is 2. The van der Waals surface area contributed by atoms with Crippen molar-refractivity contribution in [2.75, 3.05) is 5.32 Å². The van der Waals surface area contributed by atoms with E-state index in [1.165, 1.54) is 24.4 Å². The summed E-state index contributed by atoms with van der Waals surface area (Å²) in [5.74, 6) is -11.1. The minimum Gasteiger partial charge on any atom is -0.365 e. The van der Waals surface area contributed by atoms with E-state index in [-0.39, 0.29) is 5.70 Å². The van der Waals surface area contributed by atoms with Gasteiger partial charge in [0.05, 0.1) is 11.3 Å². The minimum absolute atomic E-state index is 0.0966. The molecule has 0 aliphatic carbocycles. The lowest BCUT2D eigenvalue weighted by molar-refractivity contribution is -0.119. The van der Waals surface area contributed by atoms with Crippen molar-refractivity contribution in [3.8, 4) is 11.1 Å². The number of dihydropyridines is 1. The Labute approximate surface area is 166 Å². The fourth-order valence-electron chi connectivity index (χ4n) is 2.73. The Kier molecular flexibility index (Phi) is 5.67. The number of benzene rings is 2. The maximum Gasteiger partial charge on any atom is 0.263 e. The number of nitrogens with one attached hydrogen (secondary N) is 2. The Morgan fingerprint density at radius 1 is 0.933 bits per heavy atom. The summed E-state index contributed by atoms with van der Waals surface area (Å²) in [4.78, 5) is 24.0. The monoisotopic (exact) mass is 421 g/mol. The number of hydrogen-bond acceptors (Lipinski definition) is 3. The molecule has 0 spiro atoms. The summed E-state index contributed by atoms with van der Waals surface area (Å²) in [5, 5.41) is 4.16. The van der Waals surface area contributed by atoms with Crippen molar-refractivity contribution in [3.63, 3.8) is 0 Å². The van der Waals surface area contributed by atoms with Crippen molar-refractivity contribution in [1.29, 1.82) is 0 Å². The van der Waals surface area contributed by atoms with E-state index in [1.807, 2.05) is 0 Å². The predicted molar refractivity (Wildman–Crippen MR) is 97.9 cm³/mol. The van der Waals surface area contributed by atoms with Gasteiger partial charge < -0.3 is 16.4 Å². The van der Waals surface area contributed by atoms with Crippen LogP contribution in [0.1, 0.15) is 0 Å². The quantitative estimate of drug-likeness (QED) is 0.233. The van der Waals surface area contributed by atoms with Crippen LogP contribution in [0.2, 0.25) is 0 Å². The number of halogens is 5. The summed E-state index contributed by atoms with van der Waals surface area (Å²) in [6.07, 6.45) is 5.59. The van der Waals surface area contributed by atoms with Crippen LogP contribution in [0.5, 0.6) is 0 Å². The zero-order valence-electron chi connectivity index (χ0n) is 14.9. The molecule has 3 rings (SSSR count). The van der Waals surface area contributed by atoms with E-state index in [0.717, 1.165) is 18.2 Å². The first-order valence-corrected chi connectivity index (χ1v) is 8.29. The Bertz CT molecular complexity index is 1130. The van der Waals surface area contributed by atoms with E-state index in [1.54, 1.807) is 5.32 Å². The summed E-state index contributed by atoms with van der Waals surface area (Å²) in [5.41, 5.74) is 1.24. The Morgan fingerprint density at radius 2 is 1.60 bits per heavy atom. The molecular weight excluding hydrogens is 409 g/mol. The first-order chi connectivity index (χ1) is 14.2. The van der Waals surface area contributed by atoms with E-state index in [0.29, 0.717) is 6.07 Å². The molecule has 0 saturated carbocycles. The van der Waals surface area contributed by atoms with Crippen LogP contribution < -0.4 is 16.4 Å². The lowest BCUT2D eigenvalue weighted by Crippen LogP contribution is -2.30. The fourth-order valence-corrected chi connectivity index (χ4v) is 2.73. The molecule has 0 saturated heterocycles. The molecule has 0 unspecified atom stereocenters. The molecule has 1 aliphatic heterocycles. The van der Waals surface area contributed by atoms with Crippen LogP contribution in [0.15, 0.2) is 60.0 Å². The normalized spacial score (nSPS) is 14.3. The van der Waals surface area contributed by atoms with Crippen LogP contribution in [-0.4, -0.2) is 11.8 Å². The van der Waals surface area contributed by atoms with E-state index < -0.39 is 63.3 Å². The Balaban J connectivity index is 2.07. The smallest absolute Gasteiger partial charge is 0.263 e. The van der Waals surface area contributed by atoms with Crippen molar-refractivity contribution in [3.05, 3.63) is 89.0 Å². The van der Waals surface area contributed by atoms with Crippen molar-refractivity contribution < 1.29 is 31.5 Å². The summed E-state index contributed by atoms with van der Waals surface area (Å²) in [7, 11) is 0. The number of hydrogen-bond donors (Lipinski definition) is 3. The van der Waals surface area contributed by atoms with Gasteiger partial charge in [-0.25, -0.2) is 22.0 Å². The van der Waals surface area contributed by atoms with Gasteiger partial charge in [-0.2, -0.15) is 0 Å². The van der Waals surface area contributed by atoms with Gasteiger partial charge in [0.2, 0.25) is 0 Å². The molecule has 2 amide bonds. The zero-order valence-corrected chi connectivity index (χ0v) is 14.9. The van der Waals surface area contributed by atoms with Gasteiger partial charge in [-0.3, -0.25) is 9.59 Å². The number of anilines is 1. The minimum atomic E-state index is -1.94. The maximum atomic E-state index is 14.5. The molecule has 2 aromatic rings. The molecule has 4 N–H and O–H groups in total. The van der Waals surface area contributed by atoms with E-state index in [9.17, 15) is 31.5 Å². The van der Waals surface area contributed by atoms with Crippen molar-refractivity contribution >= 4 is 17.5 Å². The topological polar surface area (TPSA) is 84.2 Å². The third-order valence-corrected chi connectivity index (χ3v) is 4.07. The first kappa shape index (κ1) is 20.8. The molecule has 10 heteroatoms. The molecule has 2 aromatic carbocycles. The molecule has 0 fully saturated rings. The molecule has 0 atom stereocenters. The highest BCUT2D eigenvalue weighted by molar-refractivity contribution is 6.23. The second kappa shape index (κ2) is 8.19. The number of nitrogens with two attached hydrogens (primary N) is 1. The van der Waals surface area contributed by atoms with Crippen LogP contribution in [0.4, 0.5) is 27.6 Å². The molecule has 30 heavy (non-hydrogen) atoms. The van der Waals surface area contributed by atoms with Gasteiger partial charge in [0.15, 0.2) is 23.3 Å². The van der Waals surface area contributed by atoms with Gasteiger partial charge in [0, 0.05) is 6.20 Å². The number of carbonyl (C=O) groups excluding carboxylic acids is 2. The SMILES string of the molecule is NC(=O)/C(C(=O)Nc1c(F)c(F)c(-c2cccc(F)c2)c(F)c1F)=C1/C=CC=CN1. The van der Waals surface area contributed by atoms with Crippen LogP contribution in [0.25, 0.3) is 11.1 Å². The van der Waals surface area contributed by atoms with Gasteiger partial charge >= 0.3 is 0 Å². The lowest BCUT2D eigenvalue weighted by atomic mass is 10.0. The second-order valence-electron chi connectivity index (χ2n) is 5.99. The fraction of sp³-hybridized carbons (Fsp3) is 0. The molecule has 5 nitrogen and oxygen atoms in total. The molecule has 154 valence electrons. The number of amides is 2. The van der Waals surface area contributed by atoms with Crippen molar-refractivity contribution in [1.82, 2.24) is 5.32 Å². The van der Waals surface area contributed by atoms with Gasteiger partial charge in [0.1, 0.15) is 17.1 Å². The number of allylic oxidation sites excluding steroid dienone is 3. The highest BCUT2D eigenvalue weighted by Crippen LogP contribution is 2.35. The number of primary amides is 1. The van der Waals surface area contributed by atoms with Gasteiger partial charge in [-0.15, -0.1) is 0 Å². The van der Waals surface area contributed by atoms with Crippen molar-refractivity contribution in [2.45, 2.75) is 0 Å². The predicted octanol–water partition coefficient (Wildman–Crippen LogP) is 3.40. The Hall–Kier alpha value is -3.95. The van der Waals surface area contributed by atoms with Crippen LogP contribution >= 0.6 is 0 Å². The number of rotatable bonds is 4. The average molecular weight is 421 g/mol. The van der Waals surface area contributed by atoms with Gasteiger partial charge in [0.25, 0.3) is 11.8 Å². The largest absolute Gasteiger partial charge is 0.365 e.